The molecule has 0 fully saturated rings. The summed E-state index contributed by atoms with van der Waals surface area (Å²) in [5.41, 5.74) is 6.81. The second-order valence-corrected chi connectivity index (χ2v) is 4.70. The SMILES string of the molecule is Cc1cc(F)cc(C(C)(N)c2ccccc2F)c1. The molecule has 18 heavy (non-hydrogen) atoms. The number of hydrogen-bond donors (Lipinski definition) is 1. The van der Waals surface area contributed by atoms with Crippen molar-refractivity contribution in [3.63, 3.8) is 0 Å². The third-order valence-electron chi connectivity index (χ3n) is 3.08. The number of benzene rings is 2. The molecule has 0 saturated heterocycles. The average molecular weight is 247 g/mol. The van der Waals surface area contributed by atoms with Crippen molar-refractivity contribution in [3.8, 4) is 0 Å². The van der Waals surface area contributed by atoms with Crippen molar-refractivity contribution in [1.29, 1.82) is 0 Å². The van der Waals surface area contributed by atoms with Crippen molar-refractivity contribution >= 4 is 0 Å². The van der Waals surface area contributed by atoms with E-state index in [-0.39, 0.29) is 11.6 Å². The first-order chi connectivity index (χ1) is 8.41. The molecule has 0 aromatic heterocycles. The maximum atomic E-state index is 13.8. The smallest absolute Gasteiger partial charge is 0.128 e. The van der Waals surface area contributed by atoms with Crippen LogP contribution in [0.25, 0.3) is 0 Å². The van der Waals surface area contributed by atoms with Crippen molar-refractivity contribution in [2.45, 2.75) is 19.4 Å². The van der Waals surface area contributed by atoms with E-state index in [4.69, 9.17) is 5.73 Å². The fraction of sp³-hybridized carbons (Fsp3) is 0.200. The minimum absolute atomic E-state index is 0.356. The van der Waals surface area contributed by atoms with Gasteiger partial charge in [0.25, 0.3) is 0 Å². The summed E-state index contributed by atoms with van der Waals surface area (Å²) < 4.78 is 27.2. The molecule has 2 N–H and O–H groups in total. The Morgan fingerprint density at radius 2 is 1.72 bits per heavy atom. The number of halogens is 2. The van der Waals surface area contributed by atoms with Crippen LogP contribution in [0.4, 0.5) is 8.78 Å². The van der Waals surface area contributed by atoms with Crippen LogP contribution in [0.1, 0.15) is 23.6 Å². The quantitative estimate of drug-likeness (QED) is 0.863. The van der Waals surface area contributed by atoms with Gasteiger partial charge in [-0.25, -0.2) is 8.78 Å². The average Bonchev–Trinajstić information content (AvgIpc) is 2.28. The van der Waals surface area contributed by atoms with Gasteiger partial charge >= 0.3 is 0 Å². The zero-order valence-corrected chi connectivity index (χ0v) is 10.4. The molecule has 2 aromatic carbocycles. The van der Waals surface area contributed by atoms with Crippen LogP contribution in [0, 0.1) is 18.6 Å². The highest BCUT2D eigenvalue weighted by atomic mass is 19.1. The van der Waals surface area contributed by atoms with Gasteiger partial charge in [-0.1, -0.05) is 24.3 Å². The summed E-state index contributed by atoms with van der Waals surface area (Å²) in [6.45, 7) is 3.46. The summed E-state index contributed by atoms with van der Waals surface area (Å²) in [5.74, 6) is -0.748. The van der Waals surface area contributed by atoms with Crippen molar-refractivity contribution in [2.75, 3.05) is 0 Å². The summed E-state index contributed by atoms with van der Waals surface area (Å²) in [6, 6.07) is 10.8. The normalized spacial score (nSPS) is 14.3. The van der Waals surface area contributed by atoms with E-state index in [0.29, 0.717) is 11.1 Å². The lowest BCUT2D eigenvalue weighted by Crippen LogP contribution is -2.35. The Morgan fingerprint density at radius 3 is 2.33 bits per heavy atom. The van der Waals surface area contributed by atoms with Crippen LogP contribution < -0.4 is 5.73 Å². The molecule has 0 aliphatic heterocycles. The van der Waals surface area contributed by atoms with E-state index in [1.165, 1.54) is 18.2 Å². The second-order valence-electron chi connectivity index (χ2n) is 4.70. The van der Waals surface area contributed by atoms with E-state index >= 15 is 0 Å². The van der Waals surface area contributed by atoms with Crippen molar-refractivity contribution in [3.05, 3.63) is 70.8 Å². The first-order valence-electron chi connectivity index (χ1n) is 5.73. The van der Waals surface area contributed by atoms with Crippen LogP contribution in [-0.4, -0.2) is 0 Å². The molecule has 1 nitrogen and oxygen atoms in total. The lowest BCUT2D eigenvalue weighted by atomic mass is 9.84. The first kappa shape index (κ1) is 12.7. The first-order valence-corrected chi connectivity index (χ1v) is 5.73. The largest absolute Gasteiger partial charge is 0.318 e. The highest BCUT2D eigenvalue weighted by Gasteiger charge is 2.27. The molecule has 1 atom stereocenters. The molecule has 2 aromatic rings. The fourth-order valence-corrected chi connectivity index (χ4v) is 2.07. The molecule has 1 unspecified atom stereocenters. The van der Waals surface area contributed by atoms with Gasteiger partial charge in [0.1, 0.15) is 11.6 Å². The summed E-state index contributed by atoms with van der Waals surface area (Å²) in [7, 11) is 0. The summed E-state index contributed by atoms with van der Waals surface area (Å²) in [5, 5.41) is 0. The monoisotopic (exact) mass is 247 g/mol. The minimum Gasteiger partial charge on any atom is -0.318 e. The van der Waals surface area contributed by atoms with Gasteiger partial charge in [0, 0.05) is 5.56 Å². The molecule has 2 rings (SSSR count). The predicted molar refractivity (Wildman–Crippen MR) is 68.2 cm³/mol. The van der Waals surface area contributed by atoms with E-state index in [1.54, 1.807) is 38.1 Å². The van der Waals surface area contributed by atoms with Gasteiger partial charge in [-0.3, -0.25) is 0 Å². The molecule has 0 spiro atoms. The Kier molecular flexibility index (Phi) is 3.18. The summed E-state index contributed by atoms with van der Waals surface area (Å²) in [6.07, 6.45) is 0. The van der Waals surface area contributed by atoms with Gasteiger partial charge in [-0.2, -0.15) is 0 Å². The molecule has 0 aliphatic rings. The van der Waals surface area contributed by atoms with Gasteiger partial charge in [-0.05, 0) is 43.2 Å². The van der Waals surface area contributed by atoms with E-state index in [0.717, 1.165) is 5.56 Å². The Labute approximate surface area is 105 Å². The molecule has 0 bridgehead atoms. The third kappa shape index (κ3) is 2.27. The van der Waals surface area contributed by atoms with Gasteiger partial charge in [0.05, 0.1) is 5.54 Å². The van der Waals surface area contributed by atoms with Crippen LogP contribution in [0.3, 0.4) is 0 Å². The van der Waals surface area contributed by atoms with Gasteiger partial charge in [0.15, 0.2) is 0 Å². The lowest BCUT2D eigenvalue weighted by molar-refractivity contribution is 0.525. The van der Waals surface area contributed by atoms with Gasteiger partial charge in [0.2, 0.25) is 0 Å². The van der Waals surface area contributed by atoms with Crippen molar-refractivity contribution in [1.82, 2.24) is 0 Å². The molecule has 94 valence electrons. The van der Waals surface area contributed by atoms with Crippen LogP contribution in [0.2, 0.25) is 0 Å². The topological polar surface area (TPSA) is 26.0 Å². The molecule has 0 radical (unpaired) electrons. The summed E-state index contributed by atoms with van der Waals surface area (Å²) in [4.78, 5) is 0. The molecule has 0 amide bonds. The highest BCUT2D eigenvalue weighted by Crippen LogP contribution is 2.29. The van der Waals surface area contributed by atoms with Crippen molar-refractivity contribution in [2.24, 2.45) is 5.73 Å². The number of nitrogens with two attached hydrogens (primary N) is 1. The van der Waals surface area contributed by atoms with Crippen LogP contribution in [-0.2, 0) is 5.54 Å². The third-order valence-corrected chi connectivity index (χ3v) is 3.08. The predicted octanol–water partition coefficient (Wildman–Crippen LogP) is 3.50. The lowest BCUT2D eigenvalue weighted by Gasteiger charge is -2.26. The standard InChI is InChI=1S/C15H15F2N/c1-10-7-11(9-12(16)8-10)15(2,18)13-5-3-4-6-14(13)17/h3-9H,18H2,1-2H3. The molecule has 0 aliphatic carbocycles. The fourth-order valence-electron chi connectivity index (χ4n) is 2.07. The Bertz CT molecular complexity index is 556. The van der Waals surface area contributed by atoms with E-state index in [1.807, 2.05) is 0 Å². The number of rotatable bonds is 2. The second kappa shape index (κ2) is 4.50. The Balaban J connectivity index is 2.57. The van der Waals surface area contributed by atoms with Crippen LogP contribution in [0.15, 0.2) is 42.5 Å². The number of hydrogen-bond acceptors (Lipinski definition) is 1. The van der Waals surface area contributed by atoms with Crippen molar-refractivity contribution < 1.29 is 8.78 Å². The van der Waals surface area contributed by atoms with Gasteiger partial charge < -0.3 is 5.73 Å². The van der Waals surface area contributed by atoms with Crippen LogP contribution >= 0.6 is 0 Å². The summed E-state index contributed by atoms with van der Waals surface area (Å²) >= 11 is 0. The highest BCUT2D eigenvalue weighted by molar-refractivity contribution is 5.39. The molecule has 0 saturated carbocycles. The Hall–Kier alpha value is -1.74. The Morgan fingerprint density at radius 1 is 1.06 bits per heavy atom. The molecular weight excluding hydrogens is 232 g/mol. The zero-order valence-electron chi connectivity index (χ0n) is 10.4. The maximum Gasteiger partial charge on any atom is 0.128 e. The molecular formula is C15H15F2N. The zero-order chi connectivity index (χ0) is 13.3. The van der Waals surface area contributed by atoms with Gasteiger partial charge in [-0.15, -0.1) is 0 Å². The van der Waals surface area contributed by atoms with E-state index < -0.39 is 5.54 Å². The van der Waals surface area contributed by atoms with E-state index in [9.17, 15) is 8.78 Å². The minimum atomic E-state index is -1.06. The van der Waals surface area contributed by atoms with E-state index in [2.05, 4.69) is 0 Å². The number of aryl methyl sites for hydroxylation is 1. The molecule has 0 heterocycles. The molecule has 3 heteroatoms. The van der Waals surface area contributed by atoms with Crippen LogP contribution in [0.5, 0.6) is 0 Å². The maximum absolute atomic E-state index is 13.8.